The van der Waals surface area contributed by atoms with Gasteiger partial charge < -0.3 is 10.6 Å². The third kappa shape index (κ3) is 4.78. The molecule has 1 amide bonds. The number of rotatable bonds is 6. The van der Waals surface area contributed by atoms with Crippen molar-refractivity contribution >= 4 is 21.4 Å². The van der Waals surface area contributed by atoms with Crippen LogP contribution in [0.2, 0.25) is 0 Å². The fourth-order valence-corrected chi connectivity index (χ4v) is 4.29. The summed E-state index contributed by atoms with van der Waals surface area (Å²) >= 11 is 0. The summed E-state index contributed by atoms with van der Waals surface area (Å²) in [5.74, 6) is -0.287. The number of amides is 1. The molecule has 1 fully saturated rings. The molecular formula is C15H21FN2O3S. The standard InChI is InChI=1S/C15H21FN2O3S/c1-11(17-10-14-3-2-8-22(14,20)21)9-15(19)18-13-6-4-12(16)5-7-13/h4-7,11,14,17H,2-3,8-10H2,1H3,(H,18,19)/t11-,14+/m1/s1. The van der Waals surface area contributed by atoms with E-state index in [9.17, 15) is 17.6 Å². The van der Waals surface area contributed by atoms with Gasteiger partial charge in [-0.2, -0.15) is 0 Å². The van der Waals surface area contributed by atoms with Gasteiger partial charge in [-0.3, -0.25) is 4.79 Å². The van der Waals surface area contributed by atoms with Crippen LogP contribution in [0.3, 0.4) is 0 Å². The van der Waals surface area contributed by atoms with Gasteiger partial charge in [0.25, 0.3) is 0 Å². The summed E-state index contributed by atoms with van der Waals surface area (Å²) in [7, 11) is -2.96. The van der Waals surface area contributed by atoms with Crippen molar-refractivity contribution in [1.82, 2.24) is 5.32 Å². The fraction of sp³-hybridized carbons (Fsp3) is 0.533. The Morgan fingerprint density at radius 1 is 1.36 bits per heavy atom. The van der Waals surface area contributed by atoms with E-state index in [2.05, 4.69) is 10.6 Å². The van der Waals surface area contributed by atoms with Gasteiger partial charge in [-0.25, -0.2) is 12.8 Å². The van der Waals surface area contributed by atoms with E-state index in [1.54, 1.807) is 0 Å². The summed E-state index contributed by atoms with van der Waals surface area (Å²) < 4.78 is 36.2. The molecule has 122 valence electrons. The Morgan fingerprint density at radius 3 is 2.64 bits per heavy atom. The average Bonchev–Trinajstić information content (AvgIpc) is 2.78. The van der Waals surface area contributed by atoms with E-state index in [4.69, 9.17) is 0 Å². The van der Waals surface area contributed by atoms with Crippen LogP contribution in [0.25, 0.3) is 0 Å². The summed E-state index contributed by atoms with van der Waals surface area (Å²) in [5, 5.41) is 5.45. The Bertz CT molecular complexity index is 616. The van der Waals surface area contributed by atoms with Crippen molar-refractivity contribution in [2.75, 3.05) is 17.6 Å². The number of benzene rings is 1. The van der Waals surface area contributed by atoms with Crippen LogP contribution in [0.15, 0.2) is 24.3 Å². The van der Waals surface area contributed by atoms with E-state index >= 15 is 0 Å². The SMILES string of the molecule is C[C@H](CC(=O)Nc1ccc(F)cc1)NC[C@@H]1CCCS1(=O)=O. The normalized spacial score (nSPS) is 21.5. The summed E-state index contributed by atoms with van der Waals surface area (Å²) in [6.45, 7) is 2.22. The molecule has 1 aromatic carbocycles. The predicted octanol–water partition coefficient (Wildman–Crippen LogP) is 1.71. The minimum atomic E-state index is -2.96. The molecule has 1 heterocycles. The highest BCUT2D eigenvalue weighted by Crippen LogP contribution is 2.19. The molecule has 5 nitrogen and oxygen atoms in total. The van der Waals surface area contributed by atoms with Crippen LogP contribution in [-0.4, -0.2) is 37.9 Å². The number of halogens is 1. The van der Waals surface area contributed by atoms with Gasteiger partial charge in [0.05, 0.1) is 11.0 Å². The Labute approximate surface area is 130 Å². The highest BCUT2D eigenvalue weighted by Gasteiger charge is 2.31. The van der Waals surface area contributed by atoms with Crippen molar-refractivity contribution in [3.8, 4) is 0 Å². The molecule has 0 aliphatic carbocycles. The number of anilines is 1. The zero-order valence-corrected chi connectivity index (χ0v) is 13.3. The molecule has 0 bridgehead atoms. The molecule has 2 atom stereocenters. The highest BCUT2D eigenvalue weighted by atomic mass is 32.2. The maximum Gasteiger partial charge on any atom is 0.225 e. The smallest absolute Gasteiger partial charge is 0.225 e. The lowest BCUT2D eigenvalue weighted by Gasteiger charge is -2.16. The van der Waals surface area contributed by atoms with Gasteiger partial charge in [0.2, 0.25) is 5.91 Å². The Hall–Kier alpha value is -1.47. The fourth-order valence-electron chi connectivity index (χ4n) is 2.52. The van der Waals surface area contributed by atoms with E-state index in [0.29, 0.717) is 25.1 Å². The molecule has 1 aromatic rings. The molecule has 22 heavy (non-hydrogen) atoms. The van der Waals surface area contributed by atoms with Crippen molar-refractivity contribution in [3.63, 3.8) is 0 Å². The second kappa shape index (κ2) is 7.19. The van der Waals surface area contributed by atoms with Crippen molar-refractivity contribution in [2.45, 2.75) is 37.5 Å². The minimum absolute atomic E-state index is 0.128. The average molecular weight is 328 g/mol. The summed E-state index contributed by atoms with van der Waals surface area (Å²) in [6, 6.07) is 5.42. The Balaban J connectivity index is 1.75. The maximum absolute atomic E-state index is 12.8. The number of carbonyl (C=O) groups excluding carboxylic acids is 1. The minimum Gasteiger partial charge on any atom is -0.326 e. The molecule has 0 aromatic heterocycles. The predicted molar refractivity (Wildman–Crippen MR) is 83.9 cm³/mol. The van der Waals surface area contributed by atoms with Gasteiger partial charge in [-0.1, -0.05) is 0 Å². The highest BCUT2D eigenvalue weighted by molar-refractivity contribution is 7.92. The van der Waals surface area contributed by atoms with E-state index in [-0.39, 0.29) is 35.2 Å². The third-order valence-corrected chi connectivity index (χ3v) is 6.05. The van der Waals surface area contributed by atoms with Crippen molar-refractivity contribution in [1.29, 1.82) is 0 Å². The van der Waals surface area contributed by atoms with E-state index in [1.807, 2.05) is 6.92 Å². The largest absolute Gasteiger partial charge is 0.326 e. The molecule has 1 aliphatic heterocycles. The molecule has 1 aliphatic rings. The number of hydrogen-bond donors (Lipinski definition) is 2. The first-order valence-corrected chi connectivity index (χ1v) is 9.09. The molecule has 0 radical (unpaired) electrons. The van der Waals surface area contributed by atoms with Crippen molar-refractivity contribution in [2.24, 2.45) is 0 Å². The molecule has 2 N–H and O–H groups in total. The van der Waals surface area contributed by atoms with Crippen molar-refractivity contribution < 1.29 is 17.6 Å². The third-order valence-electron chi connectivity index (χ3n) is 3.78. The maximum atomic E-state index is 12.8. The first-order valence-electron chi connectivity index (χ1n) is 7.37. The second-order valence-electron chi connectivity index (χ2n) is 5.70. The topological polar surface area (TPSA) is 75.3 Å². The lowest BCUT2D eigenvalue weighted by molar-refractivity contribution is -0.116. The summed E-state index contributed by atoms with van der Waals surface area (Å²) in [6.07, 6.45) is 1.63. The van der Waals surface area contributed by atoms with Crippen LogP contribution in [-0.2, 0) is 14.6 Å². The quantitative estimate of drug-likeness (QED) is 0.833. The number of sulfone groups is 1. The number of nitrogens with one attached hydrogen (secondary N) is 2. The molecule has 1 saturated heterocycles. The van der Waals surface area contributed by atoms with E-state index in [0.717, 1.165) is 0 Å². The Morgan fingerprint density at radius 2 is 2.05 bits per heavy atom. The van der Waals surface area contributed by atoms with Crippen LogP contribution >= 0.6 is 0 Å². The van der Waals surface area contributed by atoms with E-state index in [1.165, 1.54) is 24.3 Å². The molecule has 0 unspecified atom stereocenters. The van der Waals surface area contributed by atoms with Gasteiger partial charge in [0.15, 0.2) is 9.84 Å². The van der Waals surface area contributed by atoms with Crippen LogP contribution in [0.1, 0.15) is 26.2 Å². The molecule has 0 spiro atoms. The molecule has 2 rings (SSSR count). The first-order chi connectivity index (χ1) is 10.4. The van der Waals surface area contributed by atoms with Gasteiger partial charge in [0, 0.05) is 24.7 Å². The van der Waals surface area contributed by atoms with Crippen molar-refractivity contribution in [3.05, 3.63) is 30.1 Å². The molecule has 7 heteroatoms. The van der Waals surface area contributed by atoms with E-state index < -0.39 is 9.84 Å². The van der Waals surface area contributed by atoms with Gasteiger partial charge in [-0.15, -0.1) is 0 Å². The first kappa shape index (κ1) is 16.9. The lowest BCUT2D eigenvalue weighted by Crippen LogP contribution is -2.37. The zero-order chi connectivity index (χ0) is 16.2. The summed E-state index contributed by atoms with van der Waals surface area (Å²) in [5.41, 5.74) is 0.539. The van der Waals surface area contributed by atoms with Gasteiger partial charge in [-0.05, 0) is 44.0 Å². The van der Waals surface area contributed by atoms with Crippen LogP contribution in [0.4, 0.5) is 10.1 Å². The van der Waals surface area contributed by atoms with Crippen LogP contribution in [0, 0.1) is 5.82 Å². The lowest BCUT2D eigenvalue weighted by atomic mass is 10.2. The van der Waals surface area contributed by atoms with Crippen LogP contribution < -0.4 is 10.6 Å². The second-order valence-corrected chi connectivity index (χ2v) is 8.10. The monoisotopic (exact) mass is 328 g/mol. The van der Waals surface area contributed by atoms with Gasteiger partial charge >= 0.3 is 0 Å². The molecule has 0 saturated carbocycles. The summed E-state index contributed by atoms with van der Waals surface area (Å²) in [4.78, 5) is 11.9. The number of carbonyl (C=O) groups is 1. The molecular weight excluding hydrogens is 307 g/mol. The Kier molecular flexibility index (Phi) is 5.52. The number of hydrogen-bond acceptors (Lipinski definition) is 4. The van der Waals surface area contributed by atoms with Gasteiger partial charge in [0.1, 0.15) is 5.82 Å². The zero-order valence-electron chi connectivity index (χ0n) is 12.5. The van der Waals surface area contributed by atoms with Crippen LogP contribution in [0.5, 0.6) is 0 Å².